The highest BCUT2D eigenvalue weighted by atomic mass is 16.7. The van der Waals surface area contributed by atoms with Crippen LogP contribution < -0.4 is 5.73 Å². The number of aliphatic hydroxyl groups is 1. The molecule has 5 heteroatoms. The van der Waals surface area contributed by atoms with Crippen LogP contribution in [0.15, 0.2) is 0 Å². The topological polar surface area (TPSA) is 64.7 Å². The summed E-state index contributed by atoms with van der Waals surface area (Å²) in [5.74, 6) is -0.223. The highest BCUT2D eigenvalue weighted by molar-refractivity contribution is 6.47. The van der Waals surface area contributed by atoms with Crippen LogP contribution in [0, 0.1) is 16.2 Å². The smallest absolute Gasteiger partial charge is 0.404 e. The van der Waals surface area contributed by atoms with Crippen molar-refractivity contribution in [2.75, 3.05) is 6.61 Å². The fourth-order valence-electron chi connectivity index (χ4n) is 5.78. The van der Waals surface area contributed by atoms with Crippen molar-refractivity contribution in [1.82, 2.24) is 0 Å². The Morgan fingerprint density at radius 1 is 1.37 bits per heavy atom. The molecule has 6 aliphatic carbocycles. The van der Waals surface area contributed by atoms with Crippen LogP contribution in [0.1, 0.15) is 46.5 Å². The molecule has 7 rings (SSSR count). The Morgan fingerprint density at radius 3 is 2.63 bits per heavy atom. The van der Waals surface area contributed by atoms with Gasteiger partial charge >= 0.3 is 7.12 Å². The predicted octanol–water partition coefficient (Wildman–Crippen LogP) is 1.11. The second-order valence-corrected chi connectivity index (χ2v) is 7.94. The van der Waals surface area contributed by atoms with Gasteiger partial charge in [-0.15, -0.1) is 0 Å². The zero-order chi connectivity index (χ0) is 13.7. The first kappa shape index (κ1) is 12.6. The van der Waals surface area contributed by atoms with Crippen molar-refractivity contribution in [2.45, 2.75) is 64.1 Å². The zero-order valence-corrected chi connectivity index (χ0v) is 12.1. The fourth-order valence-corrected chi connectivity index (χ4v) is 5.78. The maximum atomic E-state index is 9.03. The lowest BCUT2D eigenvalue weighted by Crippen LogP contribution is -2.88. The van der Waals surface area contributed by atoms with Crippen molar-refractivity contribution in [2.24, 2.45) is 22.0 Å². The van der Waals surface area contributed by atoms with E-state index >= 15 is 0 Å². The van der Waals surface area contributed by atoms with Crippen molar-refractivity contribution >= 4 is 7.12 Å². The molecule has 1 unspecified atom stereocenters. The van der Waals surface area contributed by atoms with E-state index in [0.717, 1.165) is 6.42 Å². The largest absolute Gasteiger partial charge is 0.475 e. The van der Waals surface area contributed by atoms with Crippen LogP contribution in [0.25, 0.3) is 0 Å². The van der Waals surface area contributed by atoms with Crippen molar-refractivity contribution in [3.63, 3.8) is 0 Å². The van der Waals surface area contributed by atoms with E-state index in [0.29, 0.717) is 17.3 Å². The molecule has 1 saturated heterocycles. The quantitative estimate of drug-likeness (QED) is 0.750. The van der Waals surface area contributed by atoms with Crippen molar-refractivity contribution in [3.8, 4) is 0 Å². The summed E-state index contributed by atoms with van der Waals surface area (Å²) >= 11 is 0. The van der Waals surface area contributed by atoms with Crippen LogP contribution in [0.4, 0.5) is 0 Å². The van der Waals surface area contributed by atoms with Crippen LogP contribution in [-0.2, 0) is 9.31 Å². The summed E-state index contributed by atoms with van der Waals surface area (Å²) in [6.07, 6.45) is 4.43. The fraction of sp³-hybridized carbons (Fsp3) is 1.00. The molecule has 106 valence electrons. The lowest BCUT2D eigenvalue weighted by molar-refractivity contribution is -0.434. The third-order valence-corrected chi connectivity index (χ3v) is 7.41. The molecule has 0 aromatic heterocycles. The third-order valence-electron chi connectivity index (χ3n) is 7.41. The lowest BCUT2D eigenvalue weighted by Gasteiger charge is -2.90. The minimum atomic E-state index is -0.343. The molecule has 7 aliphatic rings. The van der Waals surface area contributed by atoms with Crippen LogP contribution >= 0.6 is 0 Å². The molecule has 1 heterocycles. The molecule has 19 heavy (non-hydrogen) atoms. The number of aliphatic hydroxyl groups excluding tert-OH is 1. The third kappa shape index (κ3) is 1.04. The number of nitrogens with two attached hydrogens (primary N) is 1. The minimum Gasteiger partial charge on any atom is -0.404 e. The molecule has 3 atom stereocenters. The molecule has 0 aromatic rings. The van der Waals surface area contributed by atoms with E-state index in [1.165, 1.54) is 12.8 Å². The summed E-state index contributed by atoms with van der Waals surface area (Å²) in [4.78, 5) is 0. The molecule has 3 N–H and O–H groups in total. The van der Waals surface area contributed by atoms with Crippen LogP contribution in [0.3, 0.4) is 0 Å². The number of hydrogen-bond acceptors (Lipinski definition) is 4. The maximum Gasteiger partial charge on any atom is 0.475 e. The maximum absolute atomic E-state index is 9.03. The van der Waals surface area contributed by atoms with E-state index in [1.54, 1.807) is 0 Å². The molecular formula is C14H24BNO3. The predicted molar refractivity (Wildman–Crippen MR) is 72.3 cm³/mol. The molecule has 2 bridgehead atoms. The summed E-state index contributed by atoms with van der Waals surface area (Å²) < 4.78 is 12.4. The van der Waals surface area contributed by atoms with Crippen LogP contribution in [0.5, 0.6) is 0 Å². The van der Waals surface area contributed by atoms with Gasteiger partial charge < -0.3 is 20.1 Å². The Hall–Kier alpha value is -0.0951. The zero-order valence-electron chi connectivity index (χ0n) is 12.1. The van der Waals surface area contributed by atoms with Crippen molar-refractivity contribution in [3.05, 3.63) is 0 Å². The summed E-state index contributed by atoms with van der Waals surface area (Å²) in [7, 11) is -0.343. The Kier molecular flexibility index (Phi) is 2.14. The highest BCUT2D eigenvalue weighted by Crippen LogP contribution is 2.92. The van der Waals surface area contributed by atoms with E-state index in [4.69, 9.17) is 20.1 Å². The van der Waals surface area contributed by atoms with Gasteiger partial charge in [-0.05, 0) is 43.4 Å². The van der Waals surface area contributed by atoms with Gasteiger partial charge in [0.15, 0.2) is 0 Å². The lowest BCUT2D eigenvalue weighted by atomic mass is 9.15. The normalized spacial score (nSPS) is 54.2. The van der Waals surface area contributed by atoms with E-state index in [1.807, 2.05) is 0 Å². The molecule has 1 aliphatic heterocycles. The van der Waals surface area contributed by atoms with Crippen LogP contribution in [-0.4, -0.2) is 36.5 Å². The summed E-state index contributed by atoms with van der Waals surface area (Å²) in [6, 6.07) is 0. The molecular weight excluding hydrogens is 241 g/mol. The summed E-state index contributed by atoms with van der Waals surface area (Å²) in [5, 5.41) is 9.03. The first-order valence-electron chi connectivity index (χ1n) is 7.52. The Bertz CT molecular complexity index is 434. The molecule has 0 spiro atoms. The summed E-state index contributed by atoms with van der Waals surface area (Å²) in [5.41, 5.74) is 7.05. The van der Waals surface area contributed by atoms with Gasteiger partial charge in [-0.25, -0.2) is 0 Å². The van der Waals surface area contributed by atoms with Crippen molar-refractivity contribution in [1.29, 1.82) is 0 Å². The number of hydrogen-bond donors (Lipinski definition) is 2. The van der Waals surface area contributed by atoms with E-state index in [9.17, 15) is 0 Å². The standard InChI is InChI=1S/C14H24BNO3/c1-11(2)13-6-9-12(3,14(11,7-13)8-13)19-15(18-9)10(16)4-5-17/h9-10,17H,4-8,16H2,1-3H3/t9?,10-,12+,13?,14?/m1/s1. The van der Waals surface area contributed by atoms with E-state index in [2.05, 4.69) is 20.8 Å². The average Bonchev–Trinajstić information content (AvgIpc) is 2.65. The molecule has 7 fully saturated rings. The molecule has 4 nitrogen and oxygen atoms in total. The van der Waals surface area contributed by atoms with Crippen LogP contribution in [0.2, 0.25) is 0 Å². The monoisotopic (exact) mass is 265 g/mol. The number of rotatable bonds is 3. The minimum absolute atomic E-state index is 0.0896. The van der Waals surface area contributed by atoms with Gasteiger partial charge in [-0.3, -0.25) is 0 Å². The van der Waals surface area contributed by atoms with Gasteiger partial charge in [-0.2, -0.15) is 0 Å². The van der Waals surface area contributed by atoms with E-state index < -0.39 is 0 Å². The average molecular weight is 265 g/mol. The van der Waals surface area contributed by atoms with Gasteiger partial charge in [0.05, 0.1) is 11.7 Å². The van der Waals surface area contributed by atoms with Gasteiger partial charge in [0.2, 0.25) is 0 Å². The molecule has 0 aromatic carbocycles. The second-order valence-electron chi connectivity index (χ2n) is 7.94. The van der Waals surface area contributed by atoms with Gasteiger partial charge in [0, 0.05) is 18.0 Å². The van der Waals surface area contributed by atoms with Gasteiger partial charge in [-0.1, -0.05) is 13.8 Å². The molecule has 0 amide bonds. The van der Waals surface area contributed by atoms with Gasteiger partial charge in [0.25, 0.3) is 0 Å². The second kappa shape index (κ2) is 3.21. The highest BCUT2D eigenvalue weighted by Gasteiger charge is 2.90. The van der Waals surface area contributed by atoms with Gasteiger partial charge in [0.1, 0.15) is 0 Å². The van der Waals surface area contributed by atoms with E-state index in [-0.39, 0.29) is 36.8 Å². The Morgan fingerprint density at radius 2 is 2.05 bits per heavy atom. The first-order chi connectivity index (χ1) is 8.82. The molecule has 0 radical (unpaired) electrons. The molecule has 6 saturated carbocycles. The SMILES string of the molecule is CC1(C)C23CC4OB([C@H](N)CCO)O[C@]4(C)C1(C2)C3. The van der Waals surface area contributed by atoms with Crippen molar-refractivity contribution < 1.29 is 14.4 Å². The summed E-state index contributed by atoms with van der Waals surface area (Å²) in [6.45, 7) is 7.11. The first-order valence-corrected chi connectivity index (χ1v) is 7.52. The Labute approximate surface area is 115 Å². The Balaban J connectivity index is 1.62.